The zero-order valence-corrected chi connectivity index (χ0v) is 7.95. The summed E-state index contributed by atoms with van der Waals surface area (Å²) in [5.74, 6) is 0. The Bertz CT molecular complexity index is 62.2. The van der Waals surface area contributed by atoms with Gasteiger partial charge in [0.2, 0.25) is 0 Å². The molecule has 0 fully saturated rings. The molecule has 0 aliphatic heterocycles. The SMILES string of the molecule is O=P([O-])([O-])O.[F-].[Mn+2].[Na+]. The van der Waals surface area contributed by atoms with Crippen LogP contribution in [0.5, 0.6) is 0 Å². The van der Waals surface area contributed by atoms with Crippen LogP contribution in [-0.4, -0.2) is 4.89 Å². The van der Waals surface area contributed by atoms with Crippen molar-refractivity contribution < 1.29 is 70.6 Å². The first-order valence-corrected chi connectivity index (χ1v) is 2.24. The van der Waals surface area contributed by atoms with Crippen LogP contribution in [0.15, 0.2) is 0 Å². The van der Waals surface area contributed by atoms with Crippen LogP contribution in [0.4, 0.5) is 0 Å². The molecular weight excluding hydrogens is 192 g/mol. The number of phosphoric acid groups is 1. The van der Waals surface area contributed by atoms with Gasteiger partial charge < -0.3 is 23.9 Å². The second-order valence-corrected chi connectivity index (χ2v) is 1.41. The summed E-state index contributed by atoms with van der Waals surface area (Å²) in [6.07, 6.45) is 0. The predicted molar refractivity (Wildman–Crippen MR) is 9.83 cm³/mol. The average molecular weight is 193 g/mol. The summed E-state index contributed by atoms with van der Waals surface area (Å²) in [7, 11) is -5.14. The van der Waals surface area contributed by atoms with Gasteiger partial charge in [-0.05, 0) is 0 Å². The number of rotatable bonds is 0. The van der Waals surface area contributed by atoms with E-state index in [4.69, 9.17) is 19.2 Å². The van der Waals surface area contributed by atoms with E-state index < -0.39 is 7.82 Å². The fraction of sp³-hybridized carbons (Fsp3) is 0. The van der Waals surface area contributed by atoms with Crippen molar-refractivity contribution in [3.63, 3.8) is 0 Å². The molecule has 0 aromatic carbocycles. The van der Waals surface area contributed by atoms with E-state index in [0.717, 1.165) is 0 Å². The van der Waals surface area contributed by atoms with Crippen molar-refractivity contribution in [2.75, 3.05) is 0 Å². The molecule has 0 bridgehead atoms. The van der Waals surface area contributed by atoms with E-state index in [1.807, 2.05) is 0 Å². The summed E-state index contributed by atoms with van der Waals surface area (Å²) in [5.41, 5.74) is 0. The minimum atomic E-state index is -5.14. The molecule has 45 valence electrons. The van der Waals surface area contributed by atoms with E-state index >= 15 is 0 Å². The van der Waals surface area contributed by atoms with Gasteiger partial charge in [-0.2, -0.15) is 0 Å². The topological polar surface area (TPSA) is 83.4 Å². The summed E-state index contributed by atoms with van der Waals surface area (Å²) in [6.45, 7) is 0. The van der Waals surface area contributed by atoms with E-state index in [0.29, 0.717) is 0 Å². The normalized spacial score (nSPS) is 7.38. The molecule has 1 N–H and O–H groups in total. The minimum Gasteiger partial charge on any atom is -1.00 e. The molecule has 0 saturated heterocycles. The van der Waals surface area contributed by atoms with Crippen molar-refractivity contribution in [1.29, 1.82) is 0 Å². The number of hydrogen-bond acceptors (Lipinski definition) is 3. The molecule has 1 radical (unpaired) electrons. The standard InChI is InChI=1S/FH.Mn.Na.H3O4P/c;;;1-5(2,3)4/h1H;;;(H3,1,2,3,4)/q;+2;+1;/p-3. The van der Waals surface area contributed by atoms with Crippen LogP contribution in [-0.2, 0) is 21.6 Å². The molecule has 0 atom stereocenters. The monoisotopic (exact) mass is 193 g/mol. The average Bonchev–Trinajstić information content (AvgIpc) is 0.722. The Morgan fingerprint density at radius 3 is 1.38 bits per heavy atom. The Hall–Kier alpha value is 1.56. The van der Waals surface area contributed by atoms with Crippen LogP contribution in [0.25, 0.3) is 0 Å². The Morgan fingerprint density at radius 2 is 1.38 bits per heavy atom. The summed E-state index contributed by atoms with van der Waals surface area (Å²) in [4.78, 5) is 24.3. The quantitative estimate of drug-likeness (QED) is 0.306. The van der Waals surface area contributed by atoms with E-state index in [1.54, 1.807) is 0 Å². The maximum atomic E-state index is 8.66. The molecule has 0 heterocycles. The summed E-state index contributed by atoms with van der Waals surface area (Å²) >= 11 is 0. The maximum absolute atomic E-state index is 8.66. The number of hydrogen-bond donors (Lipinski definition) is 1. The van der Waals surface area contributed by atoms with Crippen molar-refractivity contribution in [1.82, 2.24) is 0 Å². The summed E-state index contributed by atoms with van der Waals surface area (Å²) in [5, 5.41) is 0. The van der Waals surface area contributed by atoms with Gasteiger partial charge in [0, 0.05) is 0 Å². The number of halogens is 1. The van der Waals surface area contributed by atoms with Gasteiger partial charge >= 0.3 is 46.6 Å². The van der Waals surface area contributed by atoms with Gasteiger partial charge in [-0.1, -0.05) is 0 Å². The molecule has 0 amide bonds. The molecule has 0 aromatic heterocycles. The Morgan fingerprint density at radius 1 is 1.38 bits per heavy atom. The first-order chi connectivity index (χ1) is 2.00. The Balaban J connectivity index is -0.0000000267. The first kappa shape index (κ1) is 22.7. The molecule has 0 unspecified atom stereocenters. The largest absolute Gasteiger partial charge is 2.00 e. The van der Waals surface area contributed by atoms with Gasteiger partial charge in [0.25, 0.3) is 0 Å². The summed E-state index contributed by atoms with van der Waals surface area (Å²) in [6, 6.07) is 0. The fourth-order valence-electron chi connectivity index (χ4n) is 0. The van der Waals surface area contributed by atoms with Gasteiger partial charge in [0.05, 0.1) is 7.82 Å². The van der Waals surface area contributed by atoms with Crippen molar-refractivity contribution in [3.8, 4) is 0 Å². The van der Waals surface area contributed by atoms with E-state index in [-0.39, 0.29) is 51.3 Å². The molecule has 4 nitrogen and oxygen atoms in total. The molecule has 8 heavy (non-hydrogen) atoms. The maximum Gasteiger partial charge on any atom is 2.00 e. The molecule has 0 aromatic rings. The van der Waals surface area contributed by atoms with Gasteiger partial charge in [-0.15, -0.1) is 0 Å². The van der Waals surface area contributed by atoms with Crippen LogP contribution in [0.2, 0.25) is 0 Å². The zero-order valence-electron chi connectivity index (χ0n) is 3.88. The van der Waals surface area contributed by atoms with E-state index in [9.17, 15) is 0 Å². The van der Waals surface area contributed by atoms with Crippen molar-refractivity contribution in [2.45, 2.75) is 0 Å². The fourth-order valence-corrected chi connectivity index (χ4v) is 0. The second kappa shape index (κ2) is 8.56. The third-order valence-electron chi connectivity index (χ3n) is 0. The smallest absolute Gasteiger partial charge is 1.00 e. The third-order valence-corrected chi connectivity index (χ3v) is 0. The van der Waals surface area contributed by atoms with Crippen LogP contribution >= 0.6 is 7.82 Å². The molecule has 0 rings (SSSR count). The van der Waals surface area contributed by atoms with Gasteiger partial charge in [0.15, 0.2) is 0 Å². The van der Waals surface area contributed by atoms with E-state index in [2.05, 4.69) is 0 Å². The van der Waals surface area contributed by atoms with Crippen LogP contribution in [0.3, 0.4) is 0 Å². The van der Waals surface area contributed by atoms with Crippen molar-refractivity contribution in [2.24, 2.45) is 0 Å². The zero-order chi connectivity index (χ0) is 4.50. The molecule has 8 heteroatoms. The molecule has 0 spiro atoms. The Kier molecular flexibility index (Phi) is 24.2. The van der Waals surface area contributed by atoms with Gasteiger partial charge in [-0.3, -0.25) is 0 Å². The summed E-state index contributed by atoms with van der Waals surface area (Å²) < 4.78 is 8.66. The molecule has 0 aliphatic carbocycles. The van der Waals surface area contributed by atoms with Gasteiger partial charge in [-0.25, -0.2) is 0 Å². The van der Waals surface area contributed by atoms with E-state index in [1.165, 1.54) is 0 Å². The molecular formula is HFMnNaO4P. The Labute approximate surface area is 78.0 Å². The molecule has 0 saturated carbocycles. The van der Waals surface area contributed by atoms with Crippen molar-refractivity contribution in [3.05, 3.63) is 0 Å². The van der Waals surface area contributed by atoms with Gasteiger partial charge in [0.1, 0.15) is 0 Å². The van der Waals surface area contributed by atoms with Crippen LogP contribution in [0, 0.1) is 0 Å². The molecule has 0 aliphatic rings. The van der Waals surface area contributed by atoms with Crippen LogP contribution in [0.1, 0.15) is 0 Å². The minimum absolute atomic E-state index is 0. The second-order valence-electron chi connectivity index (χ2n) is 0.469. The first-order valence-electron chi connectivity index (χ1n) is 0.748. The van der Waals surface area contributed by atoms with Crippen molar-refractivity contribution >= 4 is 7.82 Å². The third kappa shape index (κ3) is 134. The van der Waals surface area contributed by atoms with Crippen LogP contribution < -0.4 is 44.0 Å². The predicted octanol–water partition coefficient (Wildman–Crippen LogP) is -8.19.